The number of rotatable bonds is 6. The first-order valence-electron chi connectivity index (χ1n) is 8.24. The molecule has 4 nitrogen and oxygen atoms in total. The third-order valence-electron chi connectivity index (χ3n) is 3.98. The highest BCUT2D eigenvalue weighted by molar-refractivity contribution is 7.97. The van der Waals surface area contributed by atoms with Gasteiger partial charge in [-0.25, -0.2) is 8.42 Å². The van der Waals surface area contributed by atoms with Gasteiger partial charge in [-0.05, 0) is 23.7 Å². The topological polar surface area (TPSA) is 74.3 Å². The molecule has 2 rings (SSSR count). The molecule has 0 aliphatic carbocycles. The van der Waals surface area contributed by atoms with Crippen LogP contribution in [0.4, 0.5) is 39.5 Å². The minimum Gasteiger partial charge on any atom is -0.743 e. The van der Waals surface area contributed by atoms with E-state index in [0.29, 0.717) is 16.7 Å². The van der Waals surface area contributed by atoms with Crippen LogP contribution in [0.15, 0.2) is 30.3 Å². The molecule has 0 aromatic heterocycles. The van der Waals surface area contributed by atoms with Crippen LogP contribution in [-0.2, 0) is 21.0 Å². The van der Waals surface area contributed by atoms with Crippen LogP contribution < -0.4 is 0 Å². The first-order valence-corrected chi connectivity index (χ1v) is 11.4. The van der Waals surface area contributed by atoms with Gasteiger partial charge in [0.25, 0.3) is 0 Å². The van der Waals surface area contributed by atoms with Gasteiger partial charge in [0.05, 0.1) is 0 Å². The van der Waals surface area contributed by atoms with Gasteiger partial charge in [0, 0.05) is 5.56 Å². The van der Waals surface area contributed by atoms with Gasteiger partial charge >= 0.3 is 23.3 Å². The minimum absolute atomic E-state index is 0.329. The fourth-order valence-electron chi connectivity index (χ4n) is 2.27. The normalized spacial score (nSPS) is 16.6. The average molecular weight is 506 g/mol. The number of alkyl halides is 9. The summed E-state index contributed by atoms with van der Waals surface area (Å²) >= 11 is 0. The van der Waals surface area contributed by atoms with E-state index < -0.39 is 33.4 Å². The Bertz CT molecular complexity index is 850. The monoisotopic (exact) mass is 506 g/mol. The molecule has 1 aliphatic heterocycles. The van der Waals surface area contributed by atoms with Crippen molar-refractivity contribution in [2.24, 2.45) is 0 Å². The van der Waals surface area contributed by atoms with Crippen molar-refractivity contribution in [3.63, 3.8) is 0 Å². The van der Waals surface area contributed by atoms with Gasteiger partial charge in [0.2, 0.25) is 5.78 Å². The maximum atomic E-state index is 12.2. The van der Waals surface area contributed by atoms with E-state index in [4.69, 9.17) is 0 Å². The van der Waals surface area contributed by atoms with E-state index >= 15 is 0 Å². The first kappa shape index (κ1) is 27.6. The zero-order valence-corrected chi connectivity index (χ0v) is 16.9. The third kappa shape index (κ3) is 6.06. The van der Waals surface area contributed by atoms with Crippen molar-refractivity contribution in [2.75, 3.05) is 17.3 Å². The highest BCUT2D eigenvalue weighted by Crippen LogP contribution is 2.54. The number of Topliss-reactive ketones (excluding diaryl/α,β-unsaturated/α-hetero) is 1. The van der Waals surface area contributed by atoms with E-state index in [0.717, 1.165) is 11.3 Å². The highest BCUT2D eigenvalue weighted by Gasteiger charge is 2.83. The fourth-order valence-corrected chi connectivity index (χ4v) is 4.97. The van der Waals surface area contributed by atoms with Crippen molar-refractivity contribution in [3.05, 3.63) is 35.9 Å². The molecule has 1 saturated heterocycles. The molecule has 0 amide bonds. The molecule has 1 aromatic carbocycles. The van der Waals surface area contributed by atoms with Gasteiger partial charge in [0.1, 0.15) is 11.5 Å². The zero-order valence-electron chi connectivity index (χ0n) is 15.3. The molecule has 0 bridgehead atoms. The Hall–Kier alpha value is -1.48. The molecule has 0 saturated carbocycles. The lowest BCUT2D eigenvalue weighted by Gasteiger charge is -2.34. The molecule has 0 atom stereocenters. The maximum absolute atomic E-state index is 12.2. The third-order valence-corrected chi connectivity index (χ3v) is 7.26. The van der Waals surface area contributed by atoms with Crippen LogP contribution in [0.1, 0.15) is 23.2 Å². The molecule has 1 heterocycles. The maximum Gasteiger partial charge on any atom is 0.460 e. The molecule has 0 N–H and O–H groups in total. The first-order chi connectivity index (χ1) is 13.9. The lowest BCUT2D eigenvalue weighted by Crippen LogP contribution is -2.63. The van der Waals surface area contributed by atoms with E-state index in [9.17, 15) is 57.3 Å². The number of halogens is 9. The quantitative estimate of drug-likeness (QED) is 0.251. The molecule has 1 aromatic rings. The Balaban J connectivity index is 0.000000314. The summed E-state index contributed by atoms with van der Waals surface area (Å²) in [6.07, 6.45) is -4.51. The second-order valence-corrected chi connectivity index (χ2v) is 10.0. The van der Waals surface area contributed by atoms with Gasteiger partial charge in [-0.15, -0.1) is 0 Å². The molecule has 0 spiro atoms. The van der Waals surface area contributed by atoms with Crippen molar-refractivity contribution >= 4 is 26.8 Å². The van der Waals surface area contributed by atoms with Gasteiger partial charge in [-0.2, -0.15) is 39.5 Å². The van der Waals surface area contributed by atoms with Gasteiger partial charge < -0.3 is 4.55 Å². The van der Waals surface area contributed by atoms with Crippen LogP contribution in [0, 0.1) is 0 Å². The van der Waals surface area contributed by atoms with E-state index in [1.165, 1.54) is 24.3 Å². The molecule has 0 unspecified atom stereocenters. The molecular weight excluding hydrogens is 491 g/mol. The molecule has 0 radical (unpaired) electrons. The average Bonchev–Trinajstić information content (AvgIpc) is 3.13. The molecule has 1 aliphatic rings. The summed E-state index contributed by atoms with van der Waals surface area (Å²) in [4.78, 5) is 11.8. The summed E-state index contributed by atoms with van der Waals surface area (Å²) in [5.41, 5.74) is 0.881. The minimum atomic E-state index is -7.43. The SMILES string of the molecule is O=C(C[S+]1CCCC1)c1ccccc1.O=S(=O)([O-])C(F)(F)C(F)(F)C(F)(F)C(F)(F)F. The summed E-state index contributed by atoms with van der Waals surface area (Å²) in [5.74, 6) is -11.2. The van der Waals surface area contributed by atoms with Crippen LogP contribution in [-0.4, -0.2) is 59.3 Å². The number of hydrogen-bond donors (Lipinski definition) is 0. The highest BCUT2D eigenvalue weighted by atomic mass is 32.2. The zero-order chi connectivity index (χ0) is 24.3. The molecule has 31 heavy (non-hydrogen) atoms. The van der Waals surface area contributed by atoms with E-state index in [1.54, 1.807) is 0 Å². The summed E-state index contributed by atoms with van der Waals surface area (Å²) in [6, 6.07) is 9.66. The fraction of sp³-hybridized carbons (Fsp3) is 0.562. The number of hydrogen-bond acceptors (Lipinski definition) is 4. The predicted molar refractivity (Wildman–Crippen MR) is 92.6 cm³/mol. The van der Waals surface area contributed by atoms with Crippen LogP contribution in [0.3, 0.4) is 0 Å². The predicted octanol–water partition coefficient (Wildman–Crippen LogP) is 4.24. The summed E-state index contributed by atoms with van der Waals surface area (Å²) in [6.45, 7) is 0. The second kappa shape index (κ2) is 9.57. The number of carbonyl (C=O) groups is 1. The number of ketones is 1. The Morgan fingerprint density at radius 1 is 0.871 bits per heavy atom. The van der Waals surface area contributed by atoms with Crippen molar-refractivity contribution < 1.29 is 57.3 Å². The Kier molecular flexibility index (Phi) is 8.50. The van der Waals surface area contributed by atoms with E-state index in [-0.39, 0.29) is 0 Å². The molecule has 178 valence electrons. The Morgan fingerprint density at radius 3 is 1.71 bits per heavy atom. The van der Waals surface area contributed by atoms with Gasteiger partial charge in [0.15, 0.2) is 15.9 Å². The van der Waals surface area contributed by atoms with Crippen LogP contribution >= 0.6 is 0 Å². The molecule has 1 fully saturated rings. The van der Waals surface area contributed by atoms with Crippen molar-refractivity contribution in [2.45, 2.75) is 36.1 Å². The van der Waals surface area contributed by atoms with Crippen LogP contribution in [0.2, 0.25) is 0 Å². The lowest BCUT2D eigenvalue weighted by atomic mass is 10.1. The number of benzene rings is 1. The summed E-state index contributed by atoms with van der Waals surface area (Å²) in [5, 5.41) is -7.11. The van der Waals surface area contributed by atoms with Crippen molar-refractivity contribution in [3.8, 4) is 0 Å². The van der Waals surface area contributed by atoms with Gasteiger partial charge in [-0.3, -0.25) is 4.79 Å². The second-order valence-electron chi connectivity index (χ2n) is 6.28. The van der Waals surface area contributed by atoms with Crippen molar-refractivity contribution in [1.29, 1.82) is 0 Å². The van der Waals surface area contributed by atoms with Crippen LogP contribution in [0.25, 0.3) is 0 Å². The molecule has 15 heteroatoms. The summed E-state index contributed by atoms with van der Waals surface area (Å²) < 4.78 is 135. The summed E-state index contributed by atoms with van der Waals surface area (Å²) in [7, 11) is -7.02. The smallest absolute Gasteiger partial charge is 0.460 e. The Morgan fingerprint density at radius 2 is 1.32 bits per heavy atom. The van der Waals surface area contributed by atoms with Crippen LogP contribution in [0.5, 0.6) is 0 Å². The van der Waals surface area contributed by atoms with Gasteiger partial charge in [-0.1, -0.05) is 30.3 Å². The van der Waals surface area contributed by atoms with E-state index in [1.807, 2.05) is 30.3 Å². The lowest BCUT2D eigenvalue weighted by molar-refractivity contribution is -0.382. The number of carbonyl (C=O) groups excluding carboxylic acids is 1. The molecular formula is C16H15F9O4S2. The largest absolute Gasteiger partial charge is 0.743 e. The van der Waals surface area contributed by atoms with E-state index in [2.05, 4.69) is 0 Å². The van der Waals surface area contributed by atoms with Crippen molar-refractivity contribution in [1.82, 2.24) is 0 Å². The standard InChI is InChI=1S/C12H15OS.C4HF9O3S/c13-12(10-14-8-4-5-9-14)11-6-2-1-3-7-11;5-1(6,3(9,10)11)2(7,8)4(12,13)17(14,15)16/h1-3,6-7H,4-5,8-10H2;(H,14,15,16)/q+1;/p-1. The Labute approximate surface area is 173 Å².